The van der Waals surface area contributed by atoms with Gasteiger partial charge in [0.15, 0.2) is 0 Å². The number of fused-ring (bicyclic) bond motifs is 1. The first kappa shape index (κ1) is 10.7. The Labute approximate surface area is 96.4 Å². The molecule has 0 heterocycles. The molecule has 16 heavy (non-hydrogen) atoms. The molecule has 1 nitrogen and oxygen atoms in total. The third-order valence-electron chi connectivity index (χ3n) is 2.48. The first-order valence-electron chi connectivity index (χ1n) is 5.51. The molecular formula is C15H16O. The van der Waals surface area contributed by atoms with Gasteiger partial charge in [0.25, 0.3) is 0 Å². The molecule has 0 atom stereocenters. The maximum atomic E-state index is 5.75. The van der Waals surface area contributed by atoms with Gasteiger partial charge in [0.2, 0.25) is 0 Å². The summed E-state index contributed by atoms with van der Waals surface area (Å²) in [5.41, 5.74) is 1.28. The summed E-state index contributed by atoms with van der Waals surface area (Å²) in [5, 5.41) is 2.39. The predicted molar refractivity (Wildman–Crippen MR) is 68.9 cm³/mol. The number of ether oxygens (including phenoxy) is 1. The van der Waals surface area contributed by atoms with Gasteiger partial charge in [-0.05, 0) is 31.4 Å². The van der Waals surface area contributed by atoms with E-state index in [4.69, 9.17) is 4.74 Å². The summed E-state index contributed by atoms with van der Waals surface area (Å²) in [6, 6.07) is 14.4. The number of allylic oxidation sites excluding steroid dienone is 1. The number of hydrogen-bond acceptors (Lipinski definition) is 1. The Kier molecular flexibility index (Phi) is 3.25. The molecule has 0 bridgehead atoms. The number of benzene rings is 2. The Balaban J connectivity index is 2.27. The fourth-order valence-electron chi connectivity index (χ4n) is 1.62. The van der Waals surface area contributed by atoms with E-state index in [9.17, 15) is 0 Å². The molecule has 2 aromatic rings. The molecule has 2 aromatic carbocycles. The molecule has 0 aliphatic rings. The van der Waals surface area contributed by atoms with E-state index < -0.39 is 0 Å². The Hall–Kier alpha value is -1.76. The van der Waals surface area contributed by atoms with Crippen molar-refractivity contribution in [2.24, 2.45) is 0 Å². The summed E-state index contributed by atoms with van der Waals surface area (Å²) >= 11 is 0. The van der Waals surface area contributed by atoms with Gasteiger partial charge in [0.1, 0.15) is 12.4 Å². The molecule has 0 N–H and O–H groups in total. The highest BCUT2D eigenvalue weighted by atomic mass is 16.5. The lowest BCUT2D eigenvalue weighted by molar-refractivity contribution is 0.366. The van der Waals surface area contributed by atoms with E-state index in [0.717, 1.165) is 5.75 Å². The zero-order valence-corrected chi connectivity index (χ0v) is 9.73. The lowest BCUT2D eigenvalue weighted by atomic mass is 10.1. The summed E-state index contributed by atoms with van der Waals surface area (Å²) in [5.74, 6) is 0.954. The minimum atomic E-state index is 0.635. The van der Waals surface area contributed by atoms with E-state index in [0.29, 0.717) is 6.61 Å². The summed E-state index contributed by atoms with van der Waals surface area (Å²) in [6.45, 7) is 4.79. The fourth-order valence-corrected chi connectivity index (χ4v) is 1.62. The smallest absolute Gasteiger partial charge is 0.127 e. The molecule has 0 aliphatic carbocycles. The third kappa shape index (κ3) is 2.43. The average molecular weight is 212 g/mol. The molecule has 2 rings (SSSR count). The van der Waals surface area contributed by atoms with Gasteiger partial charge in [0.05, 0.1) is 0 Å². The maximum absolute atomic E-state index is 5.75. The van der Waals surface area contributed by atoms with Crippen LogP contribution in [0.1, 0.15) is 13.8 Å². The molecule has 0 saturated heterocycles. The highest BCUT2D eigenvalue weighted by molar-refractivity contribution is 5.88. The van der Waals surface area contributed by atoms with Crippen LogP contribution in [0.4, 0.5) is 0 Å². The summed E-state index contributed by atoms with van der Waals surface area (Å²) in [7, 11) is 0. The lowest BCUT2D eigenvalue weighted by Gasteiger charge is -2.07. The fraction of sp³-hybridized carbons (Fsp3) is 0.200. The quantitative estimate of drug-likeness (QED) is 0.693. The van der Waals surface area contributed by atoms with Crippen LogP contribution in [-0.4, -0.2) is 6.61 Å². The molecule has 0 unspecified atom stereocenters. The Morgan fingerprint density at radius 3 is 2.62 bits per heavy atom. The average Bonchev–Trinajstić information content (AvgIpc) is 2.29. The van der Waals surface area contributed by atoms with Gasteiger partial charge in [-0.3, -0.25) is 0 Å². The van der Waals surface area contributed by atoms with Crippen LogP contribution in [0.5, 0.6) is 5.75 Å². The zero-order chi connectivity index (χ0) is 11.4. The van der Waals surface area contributed by atoms with Crippen molar-refractivity contribution in [3.8, 4) is 5.75 Å². The van der Waals surface area contributed by atoms with E-state index in [1.165, 1.54) is 16.3 Å². The highest BCUT2D eigenvalue weighted by Gasteiger charge is 1.99. The topological polar surface area (TPSA) is 9.23 Å². The molecule has 1 heteroatoms. The standard InChI is InChI=1S/C15H16O/c1-12(2)10-11-16-15-9-5-7-13-6-3-4-8-14(13)15/h3-10H,11H2,1-2H3. The van der Waals surface area contributed by atoms with Crippen molar-refractivity contribution in [2.45, 2.75) is 13.8 Å². The van der Waals surface area contributed by atoms with Crippen LogP contribution in [0, 0.1) is 0 Å². The molecule has 0 amide bonds. The van der Waals surface area contributed by atoms with E-state index in [2.05, 4.69) is 38.1 Å². The first-order chi connectivity index (χ1) is 7.77. The predicted octanol–water partition coefficient (Wildman–Crippen LogP) is 4.18. The van der Waals surface area contributed by atoms with Crippen molar-refractivity contribution in [2.75, 3.05) is 6.61 Å². The molecule has 0 aromatic heterocycles. The van der Waals surface area contributed by atoms with Gasteiger partial charge in [-0.2, -0.15) is 0 Å². The molecule has 82 valence electrons. The van der Waals surface area contributed by atoms with Crippen molar-refractivity contribution in [1.82, 2.24) is 0 Å². The summed E-state index contributed by atoms with van der Waals surface area (Å²) in [6.07, 6.45) is 2.09. The molecule has 0 spiro atoms. The second-order valence-corrected chi connectivity index (χ2v) is 4.07. The molecule has 0 saturated carbocycles. The van der Waals surface area contributed by atoms with Crippen molar-refractivity contribution < 1.29 is 4.74 Å². The second-order valence-electron chi connectivity index (χ2n) is 4.07. The van der Waals surface area contributed by atoms with Crippen LogP contribution in [0.2, 0.25) is 0 Å². The van der Waals surface area contributed by atoms with Gasteiger partial charge in [-0.25, -0.2) is 0 Å². The third-order valence-corrected chi connectivity index (χ3v) is 2.48. The monoisotopic (exact) mass is 212 g/mol. The van der Waals surface area contributed by atoms with Crippen LogP contribution < -0.4 is 4.74 Å². The van der Waals surface area contributed by atoms with Crippen molar-refractivity contribution in [3.05, 3.63) is 54.1 Å². The van der Waals surface area contributed by atoms with Crippen molar-refractivity contribution >= 4 is 10.8 Å². The molecule has 0 fully saturated rings. The summed E-state index contributed by atoms with van der Waals surface area (Å²) < 4.78 is 5.75. The zero-order valence-electron chi connectivity index (χ0n) is 9.73. The van der Waals surface area contributed by atoms with E-state index in [-0.39, 0.29) is 0 Å². The van der Waals surface area contributed by atoms with Gasteiger partial charge < -0.3 is 4.74 Å². The number of hydrogen-bond donors (Lipinski definition) is 0. The van der Waals surface area contributed by atoms with Crippen LogP contribution in [0.3, 0.4) is 0 Å². The van der Waals surface area contributed by atoms with Gasteiger partial charge in [-0.1, -0.05) is 42.0 Å². The van der Waals surface area contributed by atoms with Crippen molar-refractivity contribution in [3.63, 3.8) is 0 Å². The first-order valence-corrected chi connectivity index (χ1v) is 5.51. The van der Waals surface area contributed by atoms with E-state index in [1.54, 1.807) is 0 Å². The molecule has 0 radical (unpaired) electrons. The minimum absolute atomic E-state index is 0.635. The Morgan fingerprint density at radius 2 is 1.81 bits per heavy atom. The van der Waals surface area contributed by atoms with Crippen LogP contribution in [-0.2, 0) is 0 Å². The lowest BCUT2D eigenvalue weighted by Crippen LogP contribution is -1.94. The van der Waals surface area contributed by atoms with Gasteiger partial charge in [0, 0.05) is 5.39 Å². The molecule has 0 aliphatic heterocycles. The van der Waals surface area contributed by atoms with E-state index >= 15 is 0 Å². The van der Waals surface area contributed by atoms with Crippen LogP contribution in [0.25, 0.3) is 10.8 Å². The number of rotatable bonds is 3. The van der Waals surface area contributed by atoms with Gasteiger partial charge >= 0.3 is 0 Å². The maximum Gasteiger partial charge on any atom is 0.127 e. The minimum Gasteiger partial charge on any atom is -0.489 e. The second kappa shape index (κ2) is 4.84. The van der Waals surface area contributed by atoms with Crippen molar-refractivity contribution in [1.29, 1.82) is 0 Å². The SMILES string of the molecule is CC(C)=CCOc1cccc2ccccc12. The highest BCUT2D eigenvalue weighted by Crippen LogP contribution is 2.24. The Bertz CT molecular complexity index is 502. The summed E-state index contributed by atoms with van der Waals surface area (Å²) in [4.78, 5) is 0. The van der Waals surface area contributed by atoms with E-state index in [1.807, 2.05) is 24.3 Å². The largest absolute Gasteiger partial charge is 0.489 e. The van der Waals surface area contributed by atoms with Crippen LogP contribution >= 0.6 is 0 Å². The normalized spacial score (nSPS) is 10.1. The Morgan fingerprint density at radius 1 is 1.06 bits per heavy atom. The van der Waals surface area contributed by atoms with Gasteiger partial charge in [-0.15, -0.1) is 0 Å². The molecular weight excluding hydrogens is 196 g/mol. The van der Waals surface area contributed by atoms with Crippen LogP contribution in [0.15, 0.2) is 54.1 Å².